The first-order valence-corrected chi connectivity index (χ1v) is 6.16. The minimum Gasteiger partial charge on any atom is -0.490 e. The fourth-order valence-corrected chi connectivity index (χ4v) is 1.39. The van der Waals surface area contributed by atoms with E-state index in [1.807, 2.05) is 45.0 Å². The molecule has 0 aliphatic rings. The second-order valence-corrected chi connectivity index (χ2v) is 4.78. The van der Waals surface area contributed by atoms with Gasteiger partial charge >= 0.3 is 0 Å². The number of ether oxygens (including phenoxy) is 2. The predicted molar refractivity (Wildman–Crippen MR) is 73.4 cm³/mol. The van der Waals surface area contributed by atoms with Crippen LogP contribution in [0.1, 0.15) is 27.2 Å². The van der Waals surface area contributed by atoms with Gasteiger partial charge in [-0.15, -0.1) is 0 Å². The molecule has 100 valence electrons. The van der Waals surface area contributed by atoms with Crippen molar-refractivity contribution in [1.82, 2.24) is 0 Å². The maximum absolute atomic E-state index is 7.49. The number of rotatable bonds is 7. The first-order chi connectivity index (χ1) is 8.47. The number of amidine groups is 1. The highest BCUT2D eigenvalue weighted by molar-refractivity contribution is 5.82. The number of para-hydroxylation sites is 2. The van der Waals surface area contributed by atoms with E-state index in [2.05, 4.69) is 0 Å². The Labute approximate surface area is 109 Å². The second-order valence-electron chi connectivity index (χ2n) is 4.78. The van der Waals surface area contributed by atoms with Crippen molar-refractivity contribution in [2.45, 2.75) is 27.2 Å². The van der Waals surface area contributed by atoms with Gasteiger partial charge in [0, 0.05) is 5.41 Å². The normalized spacial score (nSPS) is 11.1. The average molecular weight is 250 g/mol. The van der Waals surface area contributed by atoms with Crippen molar-refractivity contribution in [2.75, 3.05) is 13.2 Å². The molecule has 1 rings (SSSR count). The molecule has 18 heavy (non-hydrogen) atoms. The van der Waals surface area contributed by atoms with Gasteiger partial charge < -0.3 is 15.2 Å². The Morgan fingerprint density at radius 3 is 2.28 bits per heavy atom. The van der Waals surface area contributed by atoms with E-state index in [0.717, 1.165) is 11.5 Å². The summed E-state index contributed by atoms with van der Waals surface area (Å²) >= 11 is 0. The lowest BCUT2D eigenvalue weighted by Crippen LogP contribution is -2.32. The summed E-state index contributed by atoms with van der Waals surface area (Å²) in [6.07, 6.45) is 0.697. The molecule has 0 amide bonds. The van der Waals surface area contributed by atoms with Crippen LogP contribution in [0.15, 0.2) is 24.3 Å². The molecule has 4 nitrogen and oxygen atoms in total. The van der Waals surface area contributed by atoms with Gasteiger partial charge in [-0.25, -0.2) is 0 Å². The number of hydrogen-bond donors (Lipinski definition) is 2. The number of benzene rings is 1. The highest BCUT2D eigenvalue weighted by Crippen LogP contribution is 2.27. The van der Waals surface area contributed by atoms with Crippen LogP contribution in [-0.2, 0) is 0 Å². The Morgan fingerprint density at radius 1 is 1.22 bits per heavy atom. The van der Waals surface area contributed by atoms with Crippen molar-refractivity contribution in [2.24, 2.45) is 11.1 Å². The minimum absolute atomic E-state index is 0.184. The fourth-order valence-electron chi connectivity index (χ4n) is 1.39. The molecule has 0 aromatic heterocycles. The molecule has 3 N–H and O–H groups in total. The number of hydrogen-bond acceptors (Lipinski definition) is 3. The Balaban J connectivity index is 2.56. The molecule has 0 heterocycles. The van der Waals surface area contributed by atoms with Crippen molar-refractivity contribution in [3.8, 4) is 11.5 Å². The van der Waals surface area contributed by atoms with Gasteiger partial charge in [0.2, 0.25) is 0 Å². The Hall–Kier alpha value is -1.71. The van der Waals surface area contributed by atoms with Crippen LogP contribution in [0.5, 0.6) is 11.5 Å². The highest BCUT2D eigenvalue weighted by Gasteiger charge is 2.21. The lowest BCUT2D eigenvalue weighted by Gasteiger charge is -2.23. The second kappa shape index (κ2) is 6.28. The Kier molecular flexibility index (Phi) is 5.01. The van der Waals surface area contributed by atoms with Gasteiger partial charge in [-0.05, 0) is 25.5 Å². The zero-order valence-corrected chi connectivity index (χ0v) is 11.3. The van der Waals surface area contributed by atoms with Crippen LogP contribution in [0.4, 0.5) is 0 Å². The van der Waals surface area contributed by atoms with Crippen molar-refractivity contribution >= 4 is 5.84 Å². The number of nitrogens with two attached hydrogens (primary N) is 1. The van der Waals surface area contributed by atoms with Crippen LogP contribution in [0, 0.1) is 10.8 Å². The van der Waals surface area contributed by atoms with Crippen LogP contribution in [0.2, 0.25) is 0 Å². The van der Waals surface area contributed by atoms with Crippen molar-refractivity contribution in [3.63, 3.8) is 0 Å². The molecule has 0 aliphatic heterocycles. The number of nitrogens with one attached hydrogen (secondary N) is 1. The fraction of sp³-hybridized carbons (Fsp3) is 0.500. The van der Waals surface area contributed by atoms with E-state index in [0.29, 0.717) is 19.6 Å². The van der Waals surface area contributed by atoms with Crippen molar-refractivity contribution in [1.29, 1.82) is 5.41 Å². The predicted octanol–water partition coefficient (Wildman–Crippen LogP) is 2.82. The largest absolute Gasteiger partial charge is 0.490 e. The zero-order chi connectivity index (χ0) is 13.6. The van der Waals surface area contributed by atoms with Gasteiger partial charge in [0.15, 0.2) is 11.5 Å². The summed E-state index contributed by atoms with van der Waals surface area (Å²) in [4.78, 5) is 0. The maximum Gasteiger partial charge on any atom is 0.161 e. The van der Waals surface area contributed by atoms with Gasteiger partial charge in [-0.2, -0.15) is 0 Å². The summed E-state index contributed by atoms with van der Waals surface area (Å²) in [5.74, 6) is 1.67. The molecule has 0 saturated heterocycles. The van der Waals surface area contributed by atoms with E-state index in [1.54, 1.807) is 0 Å². The first kappa shape index (κ1) is 14.4. The summed E-state index contributed by atoms with van der Waals surface area (Å²) in [6.45, 7) is 6.94. The standard InChI is InChI=1S/C14H22N2O2/c1-4-17-11-7-5-6-8-12(11)18-10-9-14(2,3)13(15)16/h5-8H,4,9-10H2,1-3H3,(H3,15,16). The molecule has 0 spiro atoms. The molecule has 0 radical (unpaired) electrons. The van der Waals surface area contributed by atoms with Crippen molar-refractivity contribution in [3.05, 3.63) is 24.3 Å². The van der Waals surface area contributed by atoms with Crippen LogP contribution < -0.4 is 15.2 Å². The van der Waals surface area contributed by atoms with E-state index in [-0.39, 0.29) is 11.3 Å². The smallest absolute Gasteiger partial charge is 0.161 e. The van der Waals surface area contributed by atoms with Crippen molar-refractivity contribution < 1.29 is 9.47 Å². The summed E-state index contributed by atoms with van der Waals surface area (Å²) in [5, 5.41) is 7.49. The molecular formula is C14H22N2O2. The summed E-state index contributed by atoms with van der Waals surface area (Å²) in [7, 11) is 0. The van der Waals surface area contributed by atoms with Gasteiger partial charge in [0.05, 0.1) is 19.0 Å². The minimum atomic E-state index is -0.333. The van der Waals surface area contributed by atoms with Gasteiger partial charge in [0.1, 0.15) is 0 Å². The van der Waals surface area contributed by atoms with Crippen LogP contribution in [0.3, 0.4) is 0 Å². The van der Waals surface area contributed by atoms with E-state index < -0.39 is 0 Å². The maximum atomic E-state index is 7.49. The van der Waals surface area contributed by atoms with Gasteiger partial charge in [-0.1, -0.05) is 26.0 Å². The third kappa shape index (κ3) is 3.95. The van der Waals surface area contributed by atoms with Gasteiger partial charge in [-0.3, -0.25) is 5.41 Å². The lowest BCUT2D eigenvalue weighted by molar-refractivity contribution is 0.248. The molecule has 0 bridgehead atoms. The molecule has 0 saturated carbocycles. The van der Waals surface area contributed by atoms with E-state index >= 15 is 0 Å². The third-order valence-electron chi connectivity index (χ3n) is 2.86. The molecule has 0 aliphatic carbocycles. The van der Waals surface area contributed by atoms with Crippen LogP contribution >= 0.6 is 0 Å². The quantitative estimate of drug-likeness (QED) is 0.577. The Bertz CT molecular complexity index is 403. The summed E-state index contributed by atoms with van der Waals surface area (Å²) in [5.41, 5.74) is 5.20. The summed E-state index contributed by atoms with van der Waals surface area (Å²) in [6, 6.07) is 7.59. The SMILES string of the molecule is CCOc1ccccc1OCCC(C)(C)C(=N)N. The Morgan fingerprint density at radius 2 is 1.78 bits per heavy atom. The molecule has 4 heteroatoms. The lowest BCUT2D eigenvalue weighted by atomic mass is 9.88. The molecule has 1 aromatic carbocycles. The first-order valence-electron chi connectivity index (χ1n) is 6.16. The third-order valence-corrected chi connectivity index (χ3v) is 2.86. The highest BCUT2D eigenvalue weighted by atomic mass is 16.5. The topological polar surface area (TPSA) is 68.3 Å². The monoisotopic (exact) mass is 250 g/mol. The molecule has 0 atom stereocenters. The molecule has 0 unspecified atom stereocenters. The molecule has 0 fully saturated rings. The molecular weight excluding hydrogens is 228 g/mol. The molecule has 1 aromatic rings. The van der Waals surface area contributed by atoms with Crippen LogP contribution in [0.25, 0.3) is 0 Å². The van der Waals surface area contributed by atoms with E-state index in [4.69, 9.17) is 20.6 Å². The zero-order valence-electron chi connectivity index (χ0n) is 11.3. The van der Waals surface area contributed by atoms with E-state index in [9.17, 15) is 0 Å². The van der Waals surface area contributed by atoms with E-state index in [1.165, 1.54) is 0 Å². The average Bonchev–Trinajstić information content (AvgIpc) is 2.31. The van der Waals surface area contributed by atoms with Crippen LogP contribution in [-0.4, -0.2) is 19.0 Å². The summed E-state index contributed by atoms with van der Waals surface area (Å²) < 4.78 is 11.2. The van der Waals surface area contributed by atoms with Gasteiger partial charge in [0.25, 0.3) is 0 Å².